The molecule has 0 unspecified atom stereocenters. The Morgan fingerprint density at radius 1 is 1.43 bits per heavy atom. The maximum Gasteiger partial charge on any atom is 0.488 e. The monoisotopic (exact) mass is 214 g/mol. The third kappa shape index (κ3) is 2.99. The van der Waals surface area contributed by atoms with Gasteiger partial charge in [0.1, 0.15) is 0 Å². The van der Waals surface area contributed by atoms with Gasteiger partial charge in [-0.15, -0.1) is 0 Å². The number of ether oxygens (including phenoxy) is 1. The van der Waals surface area contributed by atoms with Crippen LogP contribution in [0.4, 0.5) is 0 Å². The molecule has 0 aliphatic rings. The van der Waals surface area contributed by atoms with E-state index in [2.05, 4.69) is 0 Å². The molecule has 0 aliphatic carbocycles. The van der Waals surface area contributed by atoms with E-state index in [1.54, 1.807) is 18.2 Å². The number of benzene rings is 1. The predicted molar refractivity (Wildman–Crippen MR) is 56.6 cm³/mol. The molecule has 0 heterocycles. The molecule has 1 rings (SSSR count). The largest absolute Gasteiger partial charge is 0.488 e. The normalized spacial score (nSPS) is 10.3. The second kappa shape index (κ2) is 5.36. The molecule has 0 saturated carbocycles. The smallest absolute Gasteiger partial charge is 0.423 e. The van der Waals surface area contributed by atoms with E-state index in [0.29, 0.717) is 29.3 Å². The Morgan fingerprint density at radius 2 is 2.14 bits per heavy atom. The summed E-state index contributed by atoms with van der Waals surface area (Å²) in [5.74, 6) is 0. The molecule has 0 aliphatic heterocycles. The van der Waals surface area contributed by atoms with Crippen molar-refractivity contribution in [2.24, 2.45) is 0 Å². The van der Waals surface area contributed by atoms with E-state index in [9.17, 15) is 0 Å². The van der Waals surface area contributed by atoms with Crippen LogP contribution in [0.3, 0.4) is 0 Å². The van der Waals surface area contributed by atoms with Gasteiger partial charge in [0.2, 0.25) is 0 Å². The van der Waals surface area contributed by atoms with Crippen molar-refractivity contribution in [1.29, 1.82) is 0 Å². The fourth-order valence-electron chi connectivity index (χ4n) is 1.16. The minimum Gasteiger partial charge on any atom is -0.423 e. The van der Waals surface area contributed by atoms with Gasteiger partial charge in [-0.1, -0.05) is 17.7 Å². The molecule has 5 heteroatoms. The van der Waals surface area contributed by atoms with Crippen LogP contribution in [0.1, 0.15) is 12.5 Å². The Morgan fingerprint density at radius 3 is 2.71 bits per heavy atom. The molecule has 0 saturated heterocycles. The Kier molecular flexibility index (Phi) is 4.42. The lowest BCUT2D eigenvalue weighted by atomic mass is 9.77. The van der Waals surface area contributed by atoms with Crippen LogP contribution in [-0.2, 0) is 11.3 Å². The summed E-state index contributed by atoms with van der Waals surface area (Å²) in [6, 6.07) is 4.87. The lowest BCUT2D eigenvalue weighted by Crippen LogP contribution is -2.33. The van der Waals surface area contributed by atoms with E-state index < -0.39 is 7.12 Å². The molecule has 3 nitrogen and oxygen atoms in total. The fraction of sp³-hybridized carbons (Fsp3) is 0.333. The third-order valence-electron chi connectivity index (χ3n) is 1.84. The number of halogens is 1. The first kappa shape index (κ1) is 11.5. The maximum absolute atomic E-state index is 9.05. The van der Waals surface area contributed by atoms with E-state index in [0.717, 1.165) is 0 Å². The van der Waals surface area contributed by atoms with Crippen molar-refractivity contribution in [2.75, 3.05) is 6.61 Å². The first-order valence-electron chi connectivity index (χ1n) is 4.37. The average Bonchev–Trinajstić information content (AvgIpc) is 2.14. The summed E-state index contributed by atoms with van der Waals surface area (Å²) in [6.07, 6.45) is 0. The lowest BCUT2D eigenvalue weighted by Gasteiger charge is -2.08. The molecule has 2 N–H and O–H groups in total. The van der Waals surface area contributed by atoms with E-state index >= 15 is 0 Å². The molecule has 1 aromatic rings. The van der Waals surface area contributed by atoms with Crippen molar-refractivity contribution in [2.45, 2.75) is 13.5 Å². The quantitative estimate of drug-likeness (QED) is 0.720. The highest BCUT2D eigenvalue weighted by Gasteiger charge is 2.15. The van der Waals surface area contributed by atoms with Gasteiger partial charge in [-0.3, -0.25) is 0 Å². The average molecular weight is 214 g/mol. The Bertz CT molecular complexity index is 304. The van der Waals surface area contributed by atoms with Crippen LogP contribution < -0.4 is 5.46 Å². The maximum atomic E-state index is 9.05. The summed E-state index contributed by atoms with van der Waals surface area (Å²) in [5.41, 5.74) is 1.14. The molecule has 0 bridgehead atoms. The lowest BCUT2D eigenvalue weighted by molar-refractivity contribution is 0.134. The SMILES string of the molecule is CCOCc1cc(Cl)ccc1B(O)O. The fourth-order valence-corrected chi connectivity index (χ4v) is 1.36. The Hall–Kier alpha value is -0.545. The molecule has 76 valence electrons. The van der Waals surface area contributed by atoms with Crippen LogP contribution in [-0.4, -0.2) is 23.8 Å². The molecular weight excluding hydrogens is 202 g/mol. The summed E-state index contributed by atoms with van der Waals surface area (Å²) >= 11 is 5.78. The molecule has 0 amide bonds. The van der Waals surface area contributed by atoms with Crippen LogP contribution in [0.25, 0.3) is 0 Å². The van der Waals surface area contributed by atoms with Crippen molar-refractivity contribution >= 4 is 24.2 Å². The summed E-state index contributed by atoms with van der Waals surface area (Å²) < 4.78 is 5.18. The van der Waals surface area contributed by atoms with Gasteiger partial charge in [0, 0.05) is 11.6 Å². The van der Waals surface area contributed by atoms with Gasteiger partial charge < -0.3 is 14.8 Å². The van der Waals surface area contributed by atoms with E-state index in [1.165, 1.54) is 0 Å². The third-order valence-corrected chi connectivity index (χ3v) is 2.08. The summed E-state index contributed by atoms with van der Waals surface area (Å²) in [5, 5.41) is 18.7. The summed E-state index contributed by atoms with van der Waals surface area (Å²) in [4.78, 5) is 0. The van der Waals surface area contributed by atoms with Crippen LogP contribution in [0.5, 0.6) is 0 Å². The minimum atomic E-state index is -1.48. The van der Waals surface area contributed by atoms with Gasteiger partial charge in [0.25, 0.3) is 0 Å². The predicted octanol–water partition coefficient (Wildman–Crippen LogP) is 0.556. The van der Waals surface area contributed by atoms with Gasteiger partial charge in [-0.05, 0) is 30.1 Å². The molecule has 0 radical (unpaired) electrons. The zero-order chi connectivity index (χ0) is 10.6. The van der Waals surface area contributed by atoms with Crippen LogP contribution in [0, 0.1) is 0 Å². The molecule has 1 aromatic carbocycles. The van der Waals surface area contributed by atoms with Gasteiger partial charge in [0.15, 0.2) is 0 Å². The minimum absolute atomic E-state index is 0.337. The highest BCUT2D eigenvalue weighted by Crippen LogP contribution is 2.10. The summed E-state index contributed by atoms with van der Waals surface area (Å²) in [6.45, 7) is 2.79. The second-order valence-corrected chi connectivity index (χ2v) is 3.29. The van der Waals surface area contributed by atoms with Crippen LogP contribution in [0.2, 0.25) is 5.02 Å². The Balaban J connectivity index is 2.91. The van der Waals surface area contributed by atoms with Crippen molar-refractivity contribution in [3.8, 4) is 0 Å². The van der Waals surface area contributed by atoms with Crippen molar-refractivity contribution in [3.63, 3.8) is 0 Å². The van der Waals surface area contributed by atoms with Gasteiger partial charge >= 0.3 is 7.12 Å². The Labute approximate surface area is 88.4 Å². The topological polar surface area (TPSA) is 49.7 Å². The van der Waals surface area contributed by atoms with E-state index in [1.807, 2.05) is 6.92 Å². The molecule has 0 spiro atoms. The van der Waals surface area contributed by atoms with Gasteiger partial charge in [0.05, 0.1) is 6.61 Å². The van der Waals surface area contributed by atoms with Gasteiger partial charge in [-0.2, -0.15) is 0 Å². The molecule has 0 atom stereocenters. The van der Waals surface area contributed by atoms with Crippen LogP contribution >= 0.6 is 11.6 Å². The van der Waals surface area contributed by atoms with E-state index in [-0.39, 0.29) is 0 Å². The highest BCUT2D eigenvalue weighted by atomic mass is 35.5. The van der Waals surface area contributed by atoms with Crippen LogP contribution in [0.15, 0.2) is 18.2 Å². The first-order valence-corrected chi connectivity index (χ1v) is 4.75. The van der Waals surface area contributed by atoms with Crippen molar-refractivity contribution in [1.82, 2.24) is 0 Å². The molecule has 14 heavy (non-hydrogen) atoms. The number of rotatable bonds is 4. The zero-order valence-electron chi connectivity index (χ0n) is 7.90. The standard InChI is InChI=1S/C9H12BClO3/c1-2-14-6-7-5-8(11)3-4-9(7)10(12)13/h3-5,12-13H,2,6H2,1H3. The molecule has 0 fully saturated rings. The molecule has 0 aromatic heterocycles. The first-order chi connectivity index (χ1) is 6.65. The molecular formula is C9H12BClO3. The summed E-state index contributed by atoms with van der Waals surface area (Å²) in [7, 11) is -1.48. The van der Waals surface area contributed by atoms with E-state index in [4.69, 9.17) is 26.4 Å². The number of hydrogen-bond donors (Lipinski definition) is 2. The van der Waals surface area contributed by atoms with Crippen molar-refractivity contribution in [3.05, 3.63) is 28.8 Å². The number of hydrogen-bond acceptors (Lipinski definition) is 3. The van der Waals surface area contributed by atoms with Gasteiger partial charge in [-0.25, -0.2) is 0 Å². The zero-order valence-corrected chi connectivity index (χ0v) is 8.66. The second-order valence-electron chi connectivity index (χ2n) is 2.85. The highest BCUT2D eigenvalue weighted by molar-refractivity contribution is 6.59. The van der Waals surface area contributed by atoms with Crippen molar-refractivity contribution < 1.29 is 14.8 Å².